The highest BCUT2D eigenvalue weighted by Crippen LogP contribution is 2.31. The van der Waals surface area contributed by atoms with Crippen molar-refractivity contribution < 1.29 is 0 Å². The molecule has 8 heteroatoms. The van der Waals surface area contributed by atoms with Crippen LogP contribution in [0, 0.1) is 6.92 Å². The van der Waals surface area contributed by atoms with Crippen molar-refractivity contribution in [1.82, 2.24) is 29.6 Å². The summed E-state index contributed by atoms with van der Waals surface area (Å²) in [5.41, 5.74) is 2.27. The molecule has 4 rings (SSSR count). The summed E-state index contributed by atoms with van der Waals surface area (Å²) in [5.74, 6) is 1.20. The lowest BCUT2D eigenvalue weighted by atomic mass is 9.94. The van der Waals surface area contributed by atoms with Crippen molar-refractivity contribution in [3.63, 3.8) is 0 Å². The van der Waals surface area contributed by atoms with Gasteiger partial charge in [0.2, 0.25) is 0 Å². The molecule has 1 aliphatic rings. The van der Waals surface area contributed by atoms with Crippen molar-refractivity contribution in [1.29, 1.82) is 0 Å². The van der Waals surface area contributed by atoms with E-state index in [-0.39, 0.29) is 0 Å². The highest BCUT2D eigenvalue weighted by atomic mass is 32.1. The van der Waals surface area contributed by atoms with Crippen LogP contribution in [0.3, 0.4) is 0 Å². The number of likely N-dealkylation sites (tertiary alicyclic amines) is 1. The second-order valence-electron chi connectivity index (χ2n) is 6.71. The van der Waals surface area contributed by atoms with Crippen molar-refractivity contribution in [3.8, 4) is 0 Å². The van der Waals surface area contributed by atoms with Crippen molar-refractivity contribution in [2.75, 3.05) is 18.4 Å². The Morgan fingerprint density at radius 3 is 2.88 bits per heavy atom. The smallest absolute Gasteiger partial charge is 0.188 e. The normalized spacial score (nSPS) is 18.2. The Hall–Kier alpha value is -2.32. The number of anilines is 2. The molecule has 1 saturated heterocycles. The summed E-state index contributed by atoms with van der Waals surface area (Å²) in [6.45, 7) is 5.06. The zero-order valence-electron chi connectivity index (χ0n) is 15.1. The van der Waals surface area contributed by atoms with Crippen LogP contribution in [-0.4, -0.2) is 42.7 Å². The molecule has 0 unspecified atom stereocenters. The molecule has 0 saturated carbocycles. The summed E-state index contributed by atoms with van der Waals surface area (Å²) < 4.78 is 1.95. The molecular formula is C18H23N7S. The van der Waals surface area contributed by atoms with Crippen LogP contribution < -0.4 is 5.32 Å². The third kappa shape index (κ3) is 3.76. The zero-order valence-corrected chi connectivity index (χ0v) is 15.9. The third-order valence-electron chi connectivity index (χ3n) is 4.77. The molecule has 0 spiro atoms. The van der Waals surface area contributed by atoms with E-state index in [0.717, 1.165) is 49.1 Å². The molecule has 1 atom stereocenters. The number of hydrogen-bond donors (Lipinski definition) is 1. The number of nitrogens with one attached hydrogen (secondary N) is 1. The molecule has 0 aromatic carbocycles. The predicted octanol–water partition coefficient (Wildman–Crippen LogP) is 3.10. The van der Waals surface area contributed by atoms with E-state index in [0.29, 0.717) is 5.92 Å². The van der Waals surface area contributed by atoms with Crippen LogP contribution in [0.1, 0.15) is 35.0 Å². The lowest BCUT2D eigenvalue weighted by molar-refractivity contribution is 0.194. The van der Waals surface area contributed by atoms with Crippen molar-refractivity contribution in [3.05, 3.63) is 47.1 Å². The second kappa shape index (κ2) is 7.51. The van der Waals surface area contributed by atoms with Gasteiger partial charge in [0, 0.05) is 55.7 Å². The van der Waals surface area contributed by atoms with Gasteiger partial charge < -0.3 is 5.32 Å². The maximum atomic E-state index is 4.66. The highest BCUT2D eigenvalue weighted by Gasteiger charge is 2.25. The lowest BCUT2D eigenvalue weighted by Gasteiger charge is -2.32. The Bertz CT molecular complexity index is 872. The quantitative estimate of drug-likeness (QED) is 0.745. The van der Waals surface area contributed by atoms with Gasteiger partial charge in [-0.2, -0.15) is 5.10 Å². The van der Waals surface area contributed by atoms with Gasteiger partial charge >= 0.3 is 0 Å². The van der Waals surface area contributed by atoms with Crippen molar-refractivity contribution in [2.45, 2.75) is 32.2 Å². The Morgan fingerprint density at radius 2 is 2.12 bits per heavy atom. The highest BCUT2D eigenvalue weighted by molar-refractivity contribution is 7.15. The van der Waals surface area contributed by atoms with E-state index < -0.39 is 0 Å². The first kappa shape index (κ1) is 17.1. The van der Waals surface area contributed by atoms with Crippen LogP contribution >= 0.6 is 11.3 Å². The number of nitrogens with zero attached hydrogens (tertiary/aromatic N) is 6. The molecule has 0 aliphatic carbocycles. The van der Waals surface area contributed by atoms with Crippen LogP contribution in [0.4, 0.5) is 10.9 Å². The van der Waals surface area contributed by atoms with Crippen LogP contribution in [0.2, 0.25) is 0 Å². The number of aryl methyl sites for hydroxylation is 2. The first-order valence-corrected chi connectivity index (χ1v) is 9.70. The van der Waals surface area contributed by atoms with Crippen molar-refractivity contribution in [2.24, 2.45) is 7.05 Å². The molecule has 1 aliphatic heterocycles. The molecule has 1 fully saturated rings. The van der Waals surface area contributed by atoms with Gasteiger partial charge in [-0.15, -0.1) is 11.3 Å². The van der Waals surface area contributed by atoms with Gasteiger partial charge in [0.15, 0.2) is 10.9 Å². The third-order valence-corrected chi connectivity index (χ3v) is 5.60. The van der Waals surface area contributed by atoms with E-state index in [9.17, 15) is 0 Å². The fourth-order valence-corrected chi connectivity index (χ4v) is 4.13. The Kier molecular flexibility index (Phi) is 4.94. The molecule has 136 valence electrons. The minimum atomic E-state index is 0.370. The predicted molar refractivity (Wildman–Crippen MR) is 103 cm³/mol. The van der Waals surface area contributed by atoms with Gasteiger partial charge in [-0.05, 0) is 32.4 Å². The average Bonchev–Trinajstić information content (AvgIpc) is 3.24. The van der Waals surface area contributed by atoms with Crippen LogP contribution in [0.5, 0.6) is 0 Å². The fraction of sp³-hybridized carbons (Fsp3) is 0.444. The molecule has 0 amide bonds. The number of thiazole rings is 1. The number of aromatic nitrogens is 5. The van der Waals surface area contributed by atoms with E-state index in [4.69, 9.17) is 0 Å². The van der Waals surface area contributed by atoms with Gasteiger partial charge in [-0.3, -0.25) is 14.6 Å². The second-order valence-corrected chi connectivity index (χ2v) is 7.95. The SMILES string of the molecule is Cc1cnc(Nc2nccnc2[C@@H]2CCCN(Cc3ccnn3C)C2)s1. The average molecular weight is 369 g/mol. The van der Waals surface area contributed by atoms with E-state index in [1.807, 2.05) is 24.1 Å². The summed E-state index contributed by atoms with van der Waals surface area (Å²) in [7, 11) is 2.00. The van der Waals surface area contributed by atoms with Gasteiger partial charge in [0.05, 0.1) is 11.4 Å². The van der Waals surface area contributed by atoms with E-state index in [1.54, 1.807) is 23.7 Å². The summed E-state index contributed by atoms with van der Waals surface area (Å²) in [5, 5.41) is 8.50. The molecule has 3 aromatic heterocycles. The first-order valence-electron chi connectivity index (χ1n) is 8.88. The van der Waals surface area contributed by atoms with Crippen LogP contribution in [0.25, 0.3) is 0 Å². The van der Waals surface area contributed by atoms with Gasteiger partial charge in [-0.25, -0.2) is 9.97 Å². The Balaban J connectivity index is 1.50. The van der Waals surface area contributed by atoms with Gasteiger partial charge in [-0.1, -0.05) is 0 Å². The number of hydrogen-bond acceptors (Lipinski definition) is 7. The lowest BCUT2D eigenvalue weighted by Crippen LogP contribution is -2.35. The zero-order chi connectivity index (χ0) is 17.9. The maximum Gasteiger partial charge on any atom is 0.188 e. The maximum absolute atomic E-state index is 4.66. The molecule has 7 nitrogen and oxygen atoms in total. The van der Waals surface area contributed by atoms with E-state index >= 15 is 0 Å². The molecule has 4 heterocycles. The molecule has 0 radical (unpaired) electrons. The molecule has 3 aromatic rings. The van der Waals surface area contributed by atoms with Crippen LogP contribution in [0.15, 0.2) is 30.9 Å². The van der Waals surface area contributed by atoms with Gasteiger partial charge in [0.1, 0.15) is 0 Å². The molecule has 1 N–H and O–H groups in total. The molecular weight excluding hydrogens is 346 g/mol. The largest absolute Gasteiger partial charge is 0.315 e. The summed E-state index contributed by atoms with van der Waals surface area (Å²) in [6.07, 6.45) is 9.55. The number of rotatable bonds is 5. The fourth-order valence-electron chi connectivity index (χ4n) is 3.47. The van der Waals surface area contributed by atoms with Crippen molar-refractivity contribution >= 4 is 22.3 Å². The first-order chi connectivity index (χ1) is 12.7. The number of piperidine rings is 1. The summed E-state index contributed by atoms with van der Waals surface area (Å²) in [6, 6.07) is 2.09. The molecule has 0 bridgehead atoms. The molecule has 26 heavy (non-hydrogen) atoms. The minimum absolute atomic E-state index is 0.370. The monoisotopic (exact) mass is 369 g/mol. The van der Waals surface area contributed by atoms with Gasteiger partial charge in [0.25, 0.3) is 0 Å². The Labute approximate surface area is 157 Å². The summed E-state index contributed by atoms with van der Waals surface area (Å²) >= 11 is 1.63. The van der Waals surface area contributed by atoms with E-state index in [2.05, 4.69) is 43.3 Å². The minimum Gasteiger partial charge on any atom is -0.315 e. The van der Waals surface area contributed by atoms with E-state index in [1.165, 1.54) is 10.6 Å². The Morgan fingerprint density at radius 1 is 1.23 bits per heavy atom. The van der Waals surface area contributed by atoms with Crippen LogP contribution in [-0.2, 0) is 13.6 Å². The standard InChI is InChI=1S/C18H23N7S/c1-13-10-21-18(26-13)23-17-16(19-7-8-20-17)14-4-3-9-25(11-14)12-15-5-6-22-24(15)2/h5-8,10,14H,3-4,9,11-12H2,1-2H3,(H,20,21,23)/t14-/m1/s1. The topological polar surface area (TPSA) is 71.8 Å². The summed E-state index contributed by atoms with van der Waals surface area (Å²) in [4.78, 5) is 17.2.